The molecule has 1 nitrogen and oxygen atoms in total. The summed E-state index contributed by atoms with van der Waals surface area (Å²) in [5.41, 5.74) is 1.52. The van der Waals surface area contributed by atoms with E-state index in [0.717, 1.165) is 28.6 Å². The normalized spacial score (nSPS) is 22.9. The van der Waals surface area contributed by atoms with Gasteiger partial charge < -0.3 is 5.32 Å². The minimum absolute atomic E-state index is 0.304. The molecule has 0 spiro atoms. The third-order valence-electron chi connectivity index (χ3n) is 4.65. The van der Waals surface area contributed by atoms with Gasteiger partial charge >= 0.3 is 0 Å². The SMILES string of the molecule is CCCNC(c1cc(Cl)ccc1Cl)C1CCCC1(C)C. The van der Waals surface area contributed by atoms with Gasteiger partial charge in [-0.05, 0) is 60.9 Å². The monoisotopic (exact) mass is 313 g/mol. The molecule has 0 amide bonds. The van der Waals surface area contributed by atoms with Crippen LogP contribution in [-0.4, -0.2) is 6.54 Å². The van der Waals surface area contributed by atoms with Crippen LogP contribution in [0.1, 0.15) is 58.1 Å². The number of nitrogens with one attached hydrogen (secondary N) is 1. The first kappa shape index (κ1) is 16.1. The van der Waals surface area contributed by atoms with Crippen LogP contribution in [0.25, 0.3) is 0 Å². The number of hydrogen-bond donors (Lipinski definition) is 1. The zero-order valence-corrected chi connectivity index (χ0v) is 14.2. The van der Waals surface area contributed by atoms with Gasteiger partial charge in [0.1, 0.15) is 0 Å². The van der Waals surface area contributed by atoms with Gasteiger partial charge in [0.25, 0.3) is 0 Å². The Kier molecular flexibility index (Phi) is 5.39. The molecule has 0 heterocycles. The van der Waals surface area contributed by atoms with Crippen LogP contribution in [0.5, 0.6) is 0 Å². The van der Waals surface area contributed by atoms with Crippen LogP contribution in [0.3, 0.4) is 0 Å². The van der Waals surface area contributed by atoms with Crippen molar-refractivity contribution in [2.75, 3.05) is 6.54 Å². The molecule has 0 bridgehead atoms. The van der Waals surface area contributed by atoms with Crippen LogP contribution in [0.4, 0.5) is 0 Å². The molecule has 1 fully saturated rings. The van der Waals surface area contributed by atoms with Crippen LogP contribution in [0.15, 0.2) is 18.2 Å². The Balaban J connectivity index is 2.34. The fraction of sp³-hybridized carbons (Fsp3) is 0.647. The molecule has 2 rings (SSSR count). The maximum atomic E-state index is 6.44. The van der Waals surface area contributed by atoms with Crippen molar-refractivity contribution in [2.24, 2.45) is 11.3 Å². The molecule has 1 aliphatic carbocycles. The highest BCUT2D eigenvalue weighted by atomic mass is 35.5. The van der Waals surface area contributed by atoms with Crippen LogP contribution in [0.2, 0.25) is 10.0 Å². The standard InChI is InChI=1S/C17H25Cl2N/c1-4-10-20-16(14-6-5-9-17(14,2)3)13-11-12(18)7-8-15(13)19/h7-8,11,14,16,20H,4-6,9-10H2,1-3H3. The molecular formula is C17H25Cl2N. The van der Waals surface area contributed by atoms with Crippen molar-refractivity contribution in [3.05, 3.63) is 33.8 Å². The lowest BCUT2D eigenvalue weighted by Crippen LogP contribution is -2.34. The highest BCUT2D eigenvalue weighted by Crippen LogP contribution is 2.49. The Morgan fingerprint density at radius 3 is 2.70 bits per heavy atom. The molecule has 112 valence electrons. The minimum Gasteiger partial charge on any atom is -0.310 e. The zero-order chi connectivity index (χ0) is 14.8. The molecule has 1 N–H and O–H groups in total. The first-order valence-electron chi connectivity index (χ1n) is 7.64. The Morgan fingerprint density at radius 2 is 2.10 bits per heavy atom. The molecule has 2 unspecified atom stereocenters. The third-order valence-corrected chi connectivity index (χ3v) is 5.23. The van der Waals surface area contributed by atoms with Crippen molar-refractivity contribution in [1.29, 1.82) is 0 Å². The van der Waals surface area contributed by atoms with Gasteiger partial charge in [-0.15, -0.1) is 0 Å². The predicted molar refractivity (Wildman–Crippen MR) is 88.6 cm³/mol. The molecule has 1 aromatic carbocycles. The molecule has 20 heavy (non-hydrogen) atoms. The molecular weight excluding hydrogens is 289 g/mol. The van der Waals surface area contributed by atoms with Gasteiger partial charge in [0.15, 0.2) is 0 Å². The lowest BCUT2D eigenvalue weighted by Gasteiger charge is -2.35. The molecule has 0 radical (unpaired) electrons. The average Bonchev–Trinajstić information content (AvgIpc) is 2.74. The van der Waals surface area contributed by atoms with E-state index in [2.05, 4.69) is 26.1 Å². The maximum Gasteiger partial charge on any atom is 0.0454 e. The summed E-state index contributed by atoms with van der Waals surface area (Å²) in [4.78, 5) is 0. The second kappa shape index (κ2) is 6.68. The van der Waals surface area contributed by atoms with E-state index in [0.29, 0.717) is 17.4 Å². The zero-order valence-electron chi connectivity index (χ0n) is 12.7. The summed E-state index contributed by atoms with van der Waals surface area (Å²) in [6, 6.07) is 6.12. The fourth-order valence-corrected chi connectivity index (χ4v) is 3.91. The summed E-state index contributed by atoms with van der Waals surface area (Å²) in [6.45, 7) is 7.97. The van der Waals surface area contributed by atoms with E-state index in [9.17, 15) is 0 Å². The average molecular weight is 314 g/mol. The fourth-order valence-electron chi connectivity index (χ4n) is 3.49. The maximum absolute atomic E-state index is 6.44. The number of benzene rings is 1. The molecule has 1 aromatic rings. The Hall–Kier alpha value is -0.240. The molecule has 1 aliphatic rings. The molecule has 3 heteroatoms. The van der Waals surface area contributed by atoms with Crippen LogP contribution >= 0.6 is 23.2 Å². The van der Waals surface area contributed by atoms with E-state index in [-0.39, 0.29) is 0 Å². The van der Waals surface area contributed by atoms with Gasteiger partial charge in [-0.1, -0.05) is 50.4 Å². The highest BCUT2D eigenvalue weighted by Gasteiger charge is 2.40. The van der Waals surface area contributed by atoms with Gasteiger partial charge in [-0.3, -0.25) is 0 Å². The Labute approximate surface area is 133 Å². The van der Waals surface area contributed by atoms with E-state index >= 15 is 0 Å². The second-order valence-corrected chi connectivity index (χ2v) is 7.43. The van der Waals surface area contributed by atoms with Gasteiger partial charge in [-0.2, -0.15) is 0 Å². The smallest absolute Gasteiger partial charge is 0.0454 e. The summed E-state index contributed by atoms with van der Waals surface area (Å²) < 4.78 is 0. The van der Waals surface area contributed by atoms with Crippen LogP contribution in [-0.2, 0) is 0 Å². The lowest BCUT2D eigenvalue weighted by atomic mass is 9.75. The molecule has 0 saturated heterocycles. The van der Waals surface area contributed by atoms with E-state index in [1.807, 2.05) is 18.2 Å². The number of rotatable bonds is 5. The lowest BCUT2D eigenvalue weighted by molar-refractivity contribution is 0.198. The largest absolute Gasteiger partial charge is 0.310 e. The van der Waals surface area contributed by atoms with Crippen molar-refractivity contribution in [3.63, 3.8) is 0 Å². The molecule has 0 aromatic heterocycles. The topological polar surface area (TPSA) is 12.0 Å². The quantitative estimate of drug-likeness (QED) is 0.717. The Morgan fingerprint density at radius 1 is 1.35 bits per heavy atom. The first-order valence-corrected chi connectivity index (χ1v) is 8.39. The number of hydrogen-bond acceptors (Lipinski definition) is 1. The second-order valence-electron chi connectivity index (χ2n) is 6.58. The Bertz CT molecular complexity index is 456. The number of halogens is 2. The molecule has 0 aliphatic heterocycles. The summed E-state index contributed by atoms with van der Waals surface area (Å²) in [5.74, 6) is 0.616. The van der Waals surface area contributed by atoms with E-state index in [1.165, 1.54) is 19.3 Å². The third kappa shape index (κ3) is 3.50. The summed E-state index contributed by atoms with van der Waals surface area (Å²) in [5, 5.41) is 5.30. The first-order chi connectivity index (χ1) is 9.45. The predicted octanol–water partition coefficient (Wildman–Crippen LogP) is 5.86. The van der Waals surface area contributed by atoms with Gasteiger partial charge in [0, 0.05) is 16.1 Å². The van der Waals surface area contributed by atoms with Crippen LogP contribution in [0, 0.1) is 11.3 Å². The van der Waals surface area contributed by atoms with Crippen molar-refractivity contribution in [1.82, 2.24) is 5.32 Å². The summed E-state index contributed by atoms with van der Waals surface area (Å²) in [6.07, 6.45) is 4.99. The van der Waals surface area contributed by atoms with Crippen molar-refractivity contribution in [2.45, 2.75) is 52.5 Å². The van der Waals surface area contributed by atoms with Crippen molar-refractivity contribution >= 4 is 23.2 Å². The molecule has 1 saturated carbocycles. The van der Waals surface area contributed by atoms with E-state index < -0.39 is 0 Å². The minimum atomic E-state index is 0.304. The van der Waals surface area contributed by atoms with Gasteiger partial charge in [0.05, 0.1) is 0 Å². The van der Waals surface area contributed by atoms with E-state index in [4.69, 9.17) is 23.2 Å². The van der Waals surface area contributed by atoms with Crippen molar-refractivity contribution < 1.29 is 0 Å². The molecule has 2 atom stereocenters. The highest BCUT2D eigenvalue weighted by molar-refractivity contribution is 6.33. The summed E-state index contributed by atoms with van der Waals surface area (Å²) >= 11 is 12.6. The van der Waals surface area contributed by atoms with Crippen LogP contribution < -0.4 is 5.32 Å². The van der Waals surface area contributed by atoms with E-state index in [1.54, 1.807) is 0 Å². The van der Waals surface area contributed by atoms with Gasteiger partial charge in [0.2, 0.25) is 0 Å². The van der Waals surface area contributed by atoms with Crippen molar-refractivity contribution in [3.8, 4) is 0 Å². The summed E-state index contributed by atoms with van der Waals surface area (Å²) in [7, 11) is 0. The van der Waals surface area contributed by atoms with Gasteiger partial charge in [-0.25, -0.2) is 0 Å².